The van der Waals surface area contributed by atoms with E-state index in [0.717, 1.165) is 36.1 Å². The predicted octanol–water partition coefficient (Wildman–Crippen LogP) is 2.73. The van der Waals surface area contributed by atoms with Gasteiger partial charge in [0.15, 0.2) is 5.82 Å². The Morgan fingerprint density at radius 3 is 2.66 bits per heavy atom. The molecule has 0 spiro atoms. The number of fused-ring (bicyclic) bond motifs is 1. The Hall–Kier alpha value is -3.28. The predicted molar refractivity (Wildman–Crippen MR) is 162 cm³/mol. The molecule has 11 heteroatoms. The van der Waals surface area contributed by atoms with Crippen LogP contribution in [-0.4, -0.2) is 52.6 Å². The van der Waals surface area contributed by atoms with E-state index in [4.69, 9.17) is 22.7 Å². The number of H-pyrrole nitrogens is 1. The van der Waals surface area contributed by atoms with Crippen molar-refractivity contribution >= 4 is 29.3 Å². The number of aryl methyl sites for hydroxylation is 1. The summed E-state index contributed by atoms with van der Waals surface area (Å²) >= 11 is 6.24. The molecule has 0 aliphatic carbocycles. The average Bonchev–Trinajstić information content (AvgIpc) is 3.34. The number of anilines is 1. The van der Waals surface area contributed by atoms with E-state index in [0.29, 0.717) is 47.3 Å². The van der Waals surface area contributed by atoms with Crippen LogP contribution < -0.4 is 32.0 Å². The zero-order valence-corrected chi connectivity index (χ0v) is 24.2. The number of aliphatic hydroxyl groups is 2. The number of nitrogens with two attached hydrogens (primary N) is 1. The minimum atomic E-state index is -1.15. The van der Waals surface area contributed by atoms with Crippen LogP contribution in [0.4, 0.5) is 10.1 Å². The van der Waals surface area contributed by atoms with Gasteiger partial charge in [-0.05, 0) is 81.0 Å². The first-order chi connectivity index (χ1) is 19.6. The highest BCUT2D eigenvalue weighted by atomic mass is 35.5. The molecule has 0 radical (unpaired) electrons. The molecule has 8 N–H and O–H groups in total. The van der Waals surface area contributed by atoms with Gasteiger partial charge in [0.2, 0.25) is 6.35 Å². The third kappa shape index (κ3) is 8.15. The van der Waals surface area contributed by atoms with Gasteiger partial charge in [0.1, 0.15) is 5.49 Å². The Morgan fingerprint density at radius 1 is 1.22 bits per heavy atom. The number of aromatic amines is 1. The second-order valence-electron chi connectivity index (χ2n) is 10.6. The SMILES string of the molecule is CC(=N)NCC[C@H](CO)NCc1ccc(N2C=c3cc(-c4cc(CCC[C@H](C)N)cc(Cl)c4F)[nH]c3=NC2O)cc1. The second-order valence-corrected chi connectivity index (χ2v) is 11.0. The van der Waals surface area contributed by atoms with Crippen LogP contribution in [0.5, 0.6) is 0 Å². The molecule has 2 aromatic carbocycles. The molecule has 3 aromatic rings. The number of rotatable bonds is 13. The lowest BCUT2D eigenvalue weighted by Gasteiger charge is -2.25. The molecule has 0 amide bonds. The van der Waals surface area contributed by atoms with Crippen molar-refractivity contribution in [2.75, 3.05) is 18.1 Å². The van der Waals surface area contributed by atoms with E-state index in [2.05, 4.69) is 20.6 Å². The van der Waals surface area contributed by atoms with Crippen LogP contribution in [0.2, 0.25) is 5.02 Å². The van der Waals surface area contributed by atoms with Gasteiger partial charge >= 0.3 is 0 Å². The summed E-state index contributed by atoms with van der Waals surface area (Å²) in [6, 6.07) is 13.0. The highest BCUT2D eigenvalue weighted by Crippen LogP contribution is 2.29. The fourth-order valence-electron chi connectivity index (χ4n) is 4.77. The van der Waals surface area contributed by atoms with E-state index in [-0.39, 0.29) is 23.7 Å². The summed E-state index contributed by atoms with van der Waals surface area (Å²) in [7, 11) is 0. The maximum atomic E-state index is 15.1. The summed E-state index contributed by atoms with van der Waals surface area (Å²) < 4.78 is 15.1. The molecule has 0 bridgehead atoms. The first kappa shape index (κ1) is 30.7. The van der Waals surface area contributed by atoms with Gasteiger partial charge in [-0.3, -0.25) is 5.41 Å². The fraction of sp³-hybridized carbons (Fsp3) is 0.400. The summed E-state index contributed by atoms with van der Waals surface area (Å²) in [6.07, 6.45) is 3.81. The first-order valence-electron chi connectivity index (χ1n) is 13.9. The standard InChI is InChI=1S/C30H39ClFN7O2/c1-18(33)4-3-5-21-12-25(28(32)26(31)13-21)27-14-22-16-39(30(41)38-29(22)37-27)24-8-6-20(7-9-24)15-36-23(17-40)10-11-35-19(2)34/h6-9,12-14,16,18,23,30,36,40-41H,3-5,10-11,15,17,33H2,1-2H3,(H2,34,35)(H,37,38)/t18-,23+,30?/m0/s1. The van der Waals surface area contributed by atoms with Gasteiger partial charge in [-0.1, -0.05) is 23.7 Å². The van der Waals surface area contributed by atoms with Crippen LogP contribution >= 0.6 is 11.6 Å². The maximum absolute atomic E-state index is 15.1. The van der Waals surface area contributed by atoms with Crippen molar-refractivity contribution in [3.05, 3.63) is 75.1 Å². The monoisotopic (exact) mass is 583 g/mol. The lowest BCUT2D eigenvalue weighted by Crippen LogP contribution is -2.41. The van der Waals surface area contributed by atoms with Crippen LogP contribution in [-0.2, 0) is 13.0 Å². The Bertz CT molecular complexity index is 1460. The van der Waals surface area contributed by atoms with Gasteiger partial charge in [0.25, 0.3) is 0 Å². The van der Waals surface area contributed by atoms with Gasteiger partial charge in [-0.25, -0.2) is 9.38 Å². The number of aromatic nitrogens is 1. The summed E-state index contributed by atoms with van der Waals surface area (Å²) in [5.74, 6) is -0.106. The normalized spacial score (nSPS) is 16.0. The number of amidine groups is 1. The molecule has 220 valence electrons. The molecule has 1 aliphatic heterocycles. The molecular weight excluding hydrogens is 545 g/mol. The lowest BCUT2D eigenvalue weighted by molar-refractivity contribution is 0.186. The van der Waals surface area contributed by atoms with Crippen LogP contribution in [0.3, 0.4) is 0 Å². The fourth-order valence-corrected chi connectivity index (χ4v) is 5.01. The number of hydrogen-bond donors (Lipinski definition) is 7. The highest BCUT2D eigenvalue weighted by Gasteiger charge is 2.20. The Morgan fingerprint density at radius 2 is 1.98 bits per heavy atom. The number of nitrogens with zero attached hydrogens (tertiary/aromatic N) is 2. The summed E-state index contributed by atoms with van der Waals surface area (Å²) in [4.78, 5) is 9.17. The van der Waals surface area contributed by atoms with Gasteiger partial charge in [-0.2, -0.15) is 0 Å². The molecule has 1 aromatic heterocycles. The molecule has 0 fully saturated rings. The Labute approximate surface area is 244 Å². The van der Waals surface area contributed by atoms with Crippen LogP contribution in [0.1, 0.15) is 44.2 Å². The quantitative estimate of drug-likeness (QED) is 0.122. The molecule has 0 saturated heterocycles. The molecule has 1 unspecified atom stereocenters. The smallest absolute Gasteiger partial charge is 0.231 e. The molecule has 4 rings (SSSR count). The van der Waals surface area contributed by atoms with Crippen molar-refractivity contribution in [3.63, 3.8) is 0 Å². The zero-order chi connectivity index (χ0) is 29.5. The molecule has 3 atom stereocenters. The van der Waals surface area contributed by atoms with E-state index < -0.39 is 12.2 Å². The zero-order valence-electron chi connectivity index (χ0n) is 23.4. The number of nitrogens with one attached hydrogen (secondary N) is 4. The summed E-state index contributed by atoms with van der Waals surface area (Å²) in [5, 5.41) is 34.9. The molecule has 9 nitrogen and oxygen atoms in total. The minimum Gasteiger partial charge on any atom is -0.395 e. The van der Waals surface area contributed by atoms with Gasteiger partial charge in [-0.15, -0.1) is 0 Å². The number of aliphatic hydroxyl groups excluding tert-OH is 2. The van der Waals surface area contributed by atoms with E-state index >= 15 is 4.39 Å². The highest BCUT2D eigenvalue weighted by molar-refractivity contribution is 6.31. The van der Waals surface area contributed by atoms with Crippen molar-refractivity contribution in [1.29, 1.82) is 5.41 Å². The summed E-state index contributed by atoms with van der Waals surface area (Å²) in [5.41, 5.74) is 9.91. The number of benzene rings is 2. The van der Waals surface area contributed by atoms with E-state index in [9.17, 15) is 10.2 Å². The molecular formula is C30H39ClFN7O2. The lowest BCUT2D eigenvalue weighted by atomic mass is 10.0. The molecule has 1 aliphatic rings. The van der Waals surface area contributed by atoms with Crippen LogP contribution in [0.15, 0.2) is 47.5 Å². The van der Waals surface area contributed by atoms with Crippen molar-refractivity contribution in [3.8, 4) is 11.3 Å². The maximum Gasteiger partial charge on any atom is 0.231 e. The minimum absolute atomic E-state index is 0.00218. The second kappa shape index (κ2) is 14.1. The van der Waals surface area contributed by atoms with Crippen LogP contribution in [0, 0.1) is 11.2 Å². The van der Waals surface area contributed by atoms with Crippen LogP contribution in [0.25, 0.3) is 17.5 Å². The molecule has 2 heterocycles. The van der Waals surface area contributed by atoms with Gasteiger partial charge < -0.3 is 36.5 Å². The van der Waals surface area contributed by atoms with E-state index in [1.54, 1.807) is 36.2 Å². The topological polar surface area (TPSA) is 146 Å². The Kier molecular flexibility index (Phi) is 10.5. The van der Waals surface area contributed by atoms with Crippen molar-refractivity contribution < 1.29 is 14.6 Å². The van der Waals surface area contributed by atoms with Crippen molar-refractivity contribution in [2.45, 2.75) is 64.5 Å². The van der Waals surface area contributed by atoms with Gasteiger partial charge in [0.05, 0.1) is 23.2 Å². The van der Waals surface area contributed by atoms with Crippen molar-refractivity contribution in [1.82, 2.24) is 15.6 Å². The Balaban J connectivity index is 1.48. The average molecular weight is 584 g/mol. The van der Waals surface area contributed by atoms with E-state index in [1.807, 2.05) is 31.2 Å². The number of hydrogen-bond acceptors (Lipinski definition) is 7. The number of halogens is 2. The van der Waals surface area contributed by atoms with E-state index in [1.165, 1.54) is 0 Å². The van der Waals surface area contributed by atoms with Crippen molar-refractivity contribution in [2.24, 2.45) is 10.7 Å². The summed E-state index contributed by atoms with van der Waals surface area (Å²) in [6.45, 7) is 4.83. The first-order valence-corrected chi connectivity index (χ1v) is 14.2. The van der Waals surface area contributed by atoms with Gasteiger partial charge in [0, 0.05) is 47.8 Å². The molecule has 41 heavy (non-hydrogen) atoms. The third-order valence-electron chi connectivity index (χ3n) is 7.03. The largest absolute Gasteiger partial charge is 0.395 e. The molecule has 0 saturated carbocycles. The third-order valence-corrected chi connectivity index (χ3v) is 7.31.